The maximum Gasteiger partial charge on any atom is 0.00199 e. The maximum atomic E-state index is 5.84. The van der Waals surface area contributed by atoms with Gasteiger partial charge in [0.25, 0.3) is 0 Å². The molecule has 0 fully saturated rings. The fourth-order valence-electron chi connectivity index (χ4n) is 1.56. The van der Waals surface area contributed by atoms with E-state index in [0.717, 1.165) is 32.5 Å². The Kier molecular flexibility index (Phi) is 5.68. The topological polar surface area (TPSA) is 38.0 Å². The van der Waals surface area contributed by atoms with Crippen molar-refractivity contribution >= 4 is 0 Å². The second-order valence-corrected chi connectivity index (χ2v) is 5.58. The normalized spacial score (nSPS) is 13.3. The van der Waals surface area contributed by atoms with Gasteiger partial charge in [-0.2, -0.15) is 0 Å². The molecule has 0 amide bonds. The quantitative estimate of drug-likeness (QED) is 0.691. The summed E-state index contributed by atoms with van der Waals surface area (Å²) in [6.07, 6.45) is 2.33. The second kappa shape index (κ2) is 5.72. The van der Waals surface area contributed by atoms with Crippen LogP contribution in [-0.2, 0) is 0 Å². The Balaban J connectivity index is 3.95. The molecular formula is C12H28N2. The maximum absolute atomic E-state index is 5.84. The van der Waals surface area contributed by atoms with E-state index in [9.17, 15) is 0 Å². The minimum Gasteiger partial charge on any atom is -0.330 e. The SMILES string of the molecule is CCC(CC)(CN)CNCC(C)(C)C. The molecular weight excluding hydrogens is 172 g/mol. The zero-order chi connectivity index (χ0) is 11.2. The molecule has 14 heavy (non-hydrogen) atoms. The molecule has 0 aliphatic heterocycles. The van der Waals surface area contributed by atoms with Gasteiger partial charge < -0.3 is 11.1 Å². The Labute approximate surface area is 89.6 Å². The van der Waals surface area contributed by atoms with Gasteiger partial charge >= 0.3 is 0 Å². The van der Waals surface area contributed by atoms with Crippen molar-refractivity contribution in [1.29, 1.82) is 0 Å². The highest BCUT2D eigenvalue weighted by Crippen LogP contribution is 2.24. The van der Waals surface area contributed by atoms with Crippen LogP contribution in [0, 0.1) is 10.8 Å². The number of nitrogens with one attached hydrogen (secondary N) is 1. The summed E-state index contributed by atoms with van der Waals surface area (Å²) in [5.41, 5.74) is 6.51. The summed E-state index contributed by atoms with van der Waals surface area (Å²) >= 11 is 0. The first-order valence-electron chi connectivity index (χ1n) is 5.80. The van der Waals surface area contributed by atoms with Crippen LogP contribution in [0.15, 0.2) is 0 Å². The molecule has 0 aromatic heterocycles. The van der Waals surface area contributed by atoms with Crippen molar-refractivity contribution in [3.8, 4) is 0 Å². The largest absolute Gasteiger partial charge is 0.330 e. The predicted octanol–water partition coefficient (Wildman–Crippen LogP) is 2.39. The van der Waals surface area contributed by atoms with Crippen LogP contribution in [0.25, 0.3) is 0 Å². The average molecular weight is 200 g/mol. The molecule has 0 saturated carbocycles. The average Bonchev–Trinajstić information content (AvgIpc) is 2.11. The van der Waals surface area contributed by atoms with Crippen LogP contribution in [0.2, 0.25) is 0 Å². The summed E-state index contributed by atoms with van der Waals surface area (Å²) in [5, 5.41) is 3.54. The Morgan fingerprint density at radius 3 is 1.79 bits per heavy atom. The molecule has 0 bridgehead atoms. The van der Waals surface area contributed by atoms with Crippen molar-refractivity contribution in [3.05, 3.63) is 0 Å². The predicted molar refractivity (Wildman–Crippen MR) is 64.4 cm³/mol. The first-order valence-corrected chi connectivity index (χ1v) is 5.80. The van der Waals surface area contributed by atoms with Gasteiger partial charge in [0, 0.05) is 13.1 Å². The Bertz CT molecular complexity index is 135. The molecule has 0 unspecified atom stereocenters. The summed E-state index contributed by atoms with van der Waals surface area (Å²) < 4.78 is 0. The summed E-state index contributed by atoms with van der Waals surface area (Å²) in [5.74, 6) is 0. The monoisotopic (exact) mass is 200 g/mol. The number of nitrogens with two attached hydrogens (primary N) is 1. The molecule has 0 rings (SSSR count). The van der Waals surface area contributed by atoms with Gasteiger partial charge in [0.2, 0.25) is 0 Å². The molecule has 0 aliphatic rings. The lowest BCUT2D eigenvalue weighted by molar-refractivity contribution is 0.242. The third-order valence-corrected chi connectivity index (χ3v) is 3.09. The van der Waals surface area contributed by atoms with Crippen molar-refractivity contribution in [1.82, 2.24) is 5.32 Å². The minimum absolute atomic E-state index is 0.311. The van der Waals surface area contributed by atoms with Crippen LogP contribution in [0.3, 0.4) is 0 Å². The molecule has 0 heterocycles. The van der Waals surface area contributed by atoms with Crippen molar-refractivity contribution in [2.45, 2.75) is 47.5 Å². The van der Waals surface area contributed by atoms with E-state index in [4.69, 9.17) is 5.73 Å². The van der Waals surface area contributed by atoms with Gasteiger partial charge in [-0.1, -0.05) is 34.6 Å². The van der Waals surface area contributed by atoms with Crippen LogP contribution in [-0.4, -0.2) is 19.6 Å². The Hall–Kier alpha value is -0.0800. The summed E-state index contributed by atoms with van der Waals surface area (Å²) in [4.78, 5) is 0. The van der Waals surface area contributed by atoms with Crippen LogP contribution >= 0.6 is 0 Å². The smallest absolute Gasteiger partial charge is 0.00199 e. The van der Waals surface area contributed by atoms with Crippen LogP contribution in [0.4, 0.5) is 0 Å². The third-order valence-electron chi connectivity index (χ3n) is 3.09. The van der Waals surface area contributed by atoms with Gasteiger partial charge in [0.1, 0.15) is 0 Å². The van der Waals surface area contributed by atoms with Crippen molar-refractivity contribution in [2.24, 2.45) is 16.6 Å². The summed E-state index contributed by atoms with van der Waals surface area (Å²) in [7, 11) is 0. The van der Waals surface area contributed by atoms with E-state index in [1.807, 2.05) is 0 Å². The highest BCUT2D eigenvalue weighted by Gasteiger charge is 2.24. The van der Waals surface area contributed by atoms with Crippen LogP contribution < -0.4 is 11.1 Å². The van der Waals surface area contributed by atoms with Gasteiger partial charge in [-0.05, 0) is 30.2 Å². The number of hydrogen-bond acceptors (Lipinski definition) is 2. The molecule has 0 atom stereocenters. The zero-order valence-corrected chi connectivity index (χ0v) is 10.6. The van der Waals surface area contributed by atoms with Gasteiger partial charge in [0.05, 0.1) is 0 Å². The summed E-state index contributed by atoms with van der Waals surface area (Å²) in [6, 6.07) is 0. The lowest BCUT2D eigenvalue weighted by atomic mass is 9.82. The third kappa shape index (κ3) is 4.97. The highest BCUT2D eigenvalue weighted by molar-refractivity contribution is 4.81. The molecule has 3 N–H and O–H groups in total. The molecule has 0 radical (unpaired) electrons. The molecule has 2 nitrogen and oxygen atoms in total. The number of hydrogen-bond donors (Lipinski definition) is 2. The lowest BCUT2D eigenvalue weighted by Crippen LogP contribution is -2.42. The first-order chi connectivity index (χ1) is 6.39. The van der Waals surface area contributed by atoms with E-state index in [2.05, 4.69) is 39.9 Å². The second-order valence-electron chi connectivity index (χ2n) is 5.58. The van der Waals surface area contributed by atoms with Crippen molar-refractivity contribution in [2.75, 3.05) is 19.6 Å². The van der Waals surface area contributed by atoms with E-state index in [1.54, 1.807) is 0 Å². The Morgan fingerprint density at radius 2 is 1.50 bits per heavy atom. The van der Waals surface area contributed by atoms with Gasteiger partial charge in [0.15, 0.2) is 0 Å². The molecule has 0 spiro atoms. The fraction of sp³-hybridized carbons (Fsp3) is 1.00. The minimum atomic E-state index is 0.311. The summed E-state index contributed by atoms with van der Waals surface area (Å²) in [6.45, 7) is 14.1. The standard InChI is InChI=1S/C12H28N2/c1-6-12(7-2,8-13)10-14-9-11(3,4)5/h14H,6-10,13H2,1-5H3. The lowest BCUT2D eigenvalue weighted by Gasteiger charge is -2.32. The van der Waals surface area contributed by atoms with Gasteiger partial charge in [-0.25, -0.2) is 0 Å². The first kappa shape index (κ1) is 13.9. The van der Waals surface area contributed by atoms with E-state index >= 15 is 0 Å². The van der Waals surface area contributed by atoms with Crippen molar-refractivity contribution < 1.29 is 0 Å². The van der Waals surface area contributed by atoms with E-state index in [1.165, 1.54) is 0 Å². The van der Waals surface area contributed by atoms with Gasteiger partial charge in [-0.3, -0.25) is 0 Å². The molecule has 0 aliphatic carbocycles. The molecule has 2 heteroatoms. The van der Waals surface area contributed by atoms with Crippen LogP contribution in [0.5, 0.6) is 0 Å². The fourth-order valence-corrected chi connectivity index (χ4v) is 1.56. The number of rotatable bonds is 6. The molecule has 0 saturated heterocycles. The van der Waals surface area contributed by atoms with Crippen molar-refractivity contribution in [3.63, 3.8) is 0 Å². The molecule has 86 valence electrons. The molecule has 0 aromatic rings. The Morgan fingerprint density at radius 1 is 1.00 bits per heavy atom. The zero-order valence-electron chi connectivity index (χ0n) is 10.6. The van der Waals surface area contributed by atoms with E-state index < -0.39 is 0 Å². The van der Waals surface area contributed by atoms with Gasteiger partial charge in [-0.15, -0.1) is 0 Å². The van der Waals surface area contributed by atoms with E-state index in [-0.39, 0.29) is 0 Å². The highest BCUT2D eigenvalue weighted by atomic mass is 14.9. The molecule has 0 aromatic carbocycles. The van der Waals surface area contributed by atoms with Crippen LogP contribution in [0.1, 0.15) is 47.5 Å². The van der Waals surface area contributed by atoms with E-state index in [0.29, 0.717) is 10.8 Å².